The van der Waals surface area contributed by atoms with Crippen LogP contribution >= 0.6 is 10.7 Å². The molecular weight excluding hydrogens is 318 g/mol. The predicted octanol–water partition coefficient (Wildman–Crippen LogP) is 3.10. The molecule has 21 heavy (non-hydrogen) atoms. The Balaban J connectivity index is 2.09. The molecule has 0 unspecified atom stereocenters. The lowest BCUT2D eigenvalue weighted by molar-refractivity contribution is -0.384. The van der Waals surface area contributed by atoms with Gasteiger partial charge in [-0.3, -0.25) is 10.1 Å². The minimum absolute atomic E-state index is 0.0575. The zero-order chi connectivity index (χ0) is 15.5. The van der Waals surface area contributed by atoms with Gasteiger partial charge in [-0.2, -0.15) is 0 Å². The van der Waals surface area contributed by atoms with Gasteiger partial charge in [0.15, 0.2) is 0 Å². The first-order valence-electron chi connectivity index (χ1n) is 6.59. The lowest BCUT2D eigenvalue weighted by Crippen LogP contribution is -2.32. The summed E-state index contributed by atoms with van der Waals surface area (Å²) in [5.74, 6) is 0.235. The summed E-state index contributed by atoms with van der Waals surface area (Å²) in [6.45, 7) is 0.195. The van der Waals surface area contributed by atoms with Gasteiger partial charge in [0.05, 0.1) is 23.3 Å². The van der Waals surface area contributed by atoms with Gasteiger partial charge in [0.1, 0.15) is 5.75 Å². The Morgan fingerprint density at radius 2 is 2.00 bits per heavy atom. The molecule has 0 N–H and O–H groups in total. The Morgan fingerprint density at radius 3 is 2.57 bits per heavy atom. The second kappa shape index (κ2) is 6.19. The monoisotopic (exact) mass is 333 g/mol. The quantitative estimate of drug-likeness (QED) is 0.453. The Hall–Kier alpha value is -1.34. The van der Waals surface area contributed by atoms with Gasteiger partial charge in [0.25, 0.3) is 5.69 Å². The molecule has 0 heterocycles. The standard InChI is InChI=1S/C13H16ClNO5S/c14-21(18,19)10-13(6-1-2-7-13)9-20-12-5-3-4-11(8-12)15(16)17/h3-5,8H,1-2,6-7,9-10H2. The van der Waals surface area contributed by atoms with E-state index in [0.29, 0.717) is 5.75 Å². The molecule has 0 aromatic heterocycles. The molecule has 1 aromatic carbocycles. The van der Waals surface area contributed by atoms with Crippen molar-refractivity contribution >= 4 is 25.4 Å². The molecule has 116 valence electrons. The first-order valence-corrected chi connectivity index (χ1v) is 9.07. The van der Waals surface area contributed by atoms with Crippen LogP contribution in [0.25, 0.3) is 0 Å². The van der Waals surface area contributed by atoms with Crippen LogP contribution in [0, 0.1) is 15.5 Å². The normalized spacial score (nSPS) is 17.6. The number of non-ortho nitro benzene ring substituents is 1. The molecule has 0 atom stereocenters. The molecule has 0 amide bonds. The van der Waals surface area contributed by atoms with Crippen molar-refractivity contribution in [1.29, 1.82) is 0 Å². The summed E-state index contributed by atoms with van der Waals surface area (Å²) in [7, 11) is 1.77. The highest BCUT2D eigenvalue weighted by atomic mass is 35.7. The fourth-order valence-corrected chi connectivity index (χ4v) is 4.54. The van der Waals surface area contributed by atoms with Crippen molar-refractivity contribution in [1.82, 2.24) is 0 Å². The highest BCUT2D eigenvalue weighted by Crippen LogP contribution is 2.40. The summed E-state index contributed by atoms with van der Waals surface area (Å²) in [6, 6.07) is 5.86. The van der Waals surface area contributed by atoms with Gasteiger partial charge in [-0.1, -0.05) is 18.9 Å². The van der Waals surface area contributed by atoms with Crippen LogP contribution in [0.2, 0.25) is 0 Å². The second-order valence-corrected chi connectivity index (χ2v) is 8.21. The molecule has 2 rings (SSSR count). The van der Waals surface area contributed by atoms with E-state index in [9.17, 15) is 18.5 Å². The Morgan fingerprint density at radius 1 is 1.33 bits per heavy atom. The number of nitro benzene ring substituents is 1. The Bertz CT molecular complexity index is 625. The van der Waals surface area contributed by atoms with Crippen LogP contribution in [0.5, 0.6) is 5.75 Å². The summed E-state index contributed by atoms with van der Waals surface area (Å²) in [5, 5.41) is 10.7. The van der Waals surface area contributed by atoms with E-state index in [0.717, 1.165) is 25.7 Å². The predicted molar refractivity (Wildman–Crippen MR) is 79.1 cm³/mol. The van der Waals surface area contributed by atoms with Gasteiger partial charge in [-0.15, -0.1) is 0 Å². The first kappa shape index (κ1) is 16.0. The average molecular weight is 334 g/mol. The molecule has 0 bridgehead atoms. The molecule has 0 radical (unpaired) electrons. The fourth-order valence-electron chi connectivity index (χ4n) is 2.74. The summed E-state index contributed by atoms with van der Waals surface area (Å²) in [5.41, 5.74) is -0.552. The number of rotatable bonds is 6. The molecule has 0 saturated heterocycles. The van der Waals surface area contributed by atoms with Crippen LogP contribution in [0.1, 0.15) is 25.7 Å². The molecule has 1 aliphatic carbocycles. The topological polar surface area (TPSA) is 86.5 Å². The minimum atomic E-state index is -3.61. The van der Waals surface area contributed by atoms with Crippen LogP contribution in [-0.2, 0) is 9.05 Å². The van der Waals surface area contributed by atoms with Crippen molar-refractivity contribution < 1.29 is 18.1 Å². The van der Waals surface area contributed by atoms with Crippen molar-refractivity contribution in [3.63, 3.8) is 0 Å². The molecule has 0 spiro atoms. The van der Waals surface area contributed by atoms with Gasteiger partial charge >= 0.3 is 0 Å². The van der Waals surface area contributed by atoms with Gasteiger partial charge < -0.3 is 4.74 Å². The third-order valence-electron chi connectivity index (χ3n) is 3.72. The maximum absolute atomic E-state index is 11.4. The molecule has 1 aromatic rings. The SMILES string of the molecule is O=[N+]([O-])c1cccc(OCC2(CS(=O)(=O)Cl)CCCC2)c1. The smallest absolute Gasteiger partial charge is 0.273 e. The highest BCUT2D eigenvalue weighted by molar-refractivity contribution is 8.13. The van der Waals surface area contributed by atoms with Crippen LogP contribution < -0.4 is 4.74 Å². The van der Waals surface area contributed by atoms with E-state index >= 15 is 0 Å². The number of nitrogens with zero attached hydrogens (tertiary/aromatic N) is 1. The summed E-state index contributed by atoms with van der Waals surface area (Å²) in [6.07, 6.45) is 3.33. The van der Waals surface area contributed by atoms with Crippen LogP contribution in [0.3, 0.4) is 0 Å². The number of hydrogen-bond donors (Lipinski definition) is 0. The van der Waals surface area contributed by atoms with E-state index < -0.39 is 19.4 Å². The van der Waals surface area contributed by atoms with E-state index in [-0.39, 0.29) is 18.0 Å². The third kappa shape index (κ3) is 4.57. The maximum Gasteiger partial charge on any atom is 0.273 e. The van der Waals surface area contributed by atoms with Gasteiger partial charge in [-0.25, -0.2) is 8.42 Å². The number of ether oxygens (including phenoxy) is 1. The Kier molecular flexibility index (Phi) is 4.73. The maximum atomic E-state index is 11.4. The van der Waals surface area contributed by atoms with Crippen LogP contribution in [0.4, 0.5) is 5.69 Å². The summed E-state index contributed by atoms with van der Waals surface area (Å²) in [4.78, 5) is 10.2. The number of hydrogen-bond acceptors (Lipinski definition) is 5. The van der Waals surface area contributed by atoms with Gasteiger partial charge in [0, 0.05) is 22.2 Å². The lowest BCUT2D eigenvalue weighted by Gasteiger charge is -2.27. The second-order valence-electron chi connectivity index (χ2n) is 5.43. The number of benzene rings is 1. The van der Waals surface area contributed by atoms with E-state index in [4.69, 9.17) is 15.4 Å². The van der Waals surface area contributed by atoms with Crippen LogP contribution in [0.15, 0.2) is 24.3 Å². The van der Waals surface area contributed by atoms with E-state index in [1.165, 1.54) is 18.2 Å². The fraction of sp³-hybridized carbons (Fsp3) is 0.538. The molecule has 6 nitrogen and oxygen atoms in total. The summed E-state index contributed by atoms with van der Waals surface area (Å²) >= 11 is 0. The molecule has 0 aliphatic heterocycles. The average Bonchev–Trinajstić information content (AvgIpc) is 2.83. The van der Waals surface area contributed by atoms with Crippen molar-refractivity contribution in [2.24, 2.45) is 5.41 Å². The largest absolute Gasteiger partial charge is 0.493 e. The lowest BCUT2D eigenvalue weighted by atomic mass is 9.90. The zero-order valence-corrected chi connectivity index (χ0v) is 12.9. The third-order valence-corrected chi connectivity index (χ3v) is 5.00. The van der Waals surface area contributed by atoms with E-state index in [2.05, 4.69) is 0 Å². The van der Waals surface area contributed by atoms with E-state index in [1.54, 1.807) is 6.07 Å². The Labute approximate surface area is 127 Å². The highest BCUT2D eigenvalue weighted by Gasteiger charge is 2.38. The van der Waals surface area contributed by atoms with Gasteiger partial charge in [-0.05, 0) is 18.9 Å². The van der Waals surface area contributed by atoms with Crippen LogP contribution in [-0.4, -0.2) is 25.7 Å². The van der Waals surface area contributed by atoms with Crippen molar-refractivity contribution in [3.8, 4) is 5.75 Å². The van der Waals surface area contributed by atoms with Gasteiger partial charge in [0.2, 0.25) is 9.05 Å². The number of nitro groups is 1. The molecule has 8 heteroatoms. The van der Waals surface area contributed by atoms with E-state index in [1.807, 2.05) is 0 Å². The van der Waals surface area contributed by atoms with Crippen molar-refractivity contribution in [3.05, 3.63) is 34.4 Å². The molecule has 1 fully saturated rings. The minimum Gasteiger partial charge on any atom is -0.493 e. The van der Waals surface area contributed by atoms with Crippen molar-refractivity contribution in [2.45, 2.75) is 25.7 Å². The first-order chi connectivity index (χ1) is 9.80. The molecular formula is C13H16ClNO5S. The van der Waals surface area contributed by atoms with Crippen molar-refractivity contribution in [2.75, 3.05) is 12.4 Å². The molecule has 1 aliphatic rings. The zero-order valence-electron chi connectivity index (χ0n) is 11.3. The molecule has 1 saturated carbocycles. The summed E-state index contributed by atoms with van der Waals surface area (Å²) < 4.78 is 28.3. The number of halogens is 1.